The van der Waals surface area contributed by atoms with Gasteiger partial charge in [-0.05, 0) is 12.3 Å². The number of amides is 1. The molecule has 82 valence electrons. The highest BCUT2D eigenvalue weighted by atomic mass is 16.5. The number of carbonyl (C=O) groups is 2. The molecule has 2 heterocycles. The molecule has 1 saturated heterocycles. The lowest BCUT2D eigenvalue weighted by Crippen LogP contribution is -2.54. The molecule has 3 aliphatic rings. The number of piperidine rings is 1. The summed E-state index contributed by atoms with van der Waals surface area (Å²) in [6.07, 6.45) is 3.96. The largest absolute Gasteiger partial charge is 0.481 e. The van der Waals surface area contributed by atoms with Crippen LogP contribution in [0.3, 0.4) is 0 Å². The number of ether oxygens (including phenoxy) is 1. The molecule has 5 heteroatoms. The zero-order chi connectivity index (χ0) is 11.0. The van der Waals surface area contributed by atoms with Crippen LogP contribution in [-0.2, 0) is 9.53 Å². The first-order valence-electron chi connectivity index (χ1n) is 4.89. The third-order valence-electron chi connectivity index (χ3n) is 3.07. The van der Waals surface area contributed by atoms with Crippen LogP contribution in [0.25, 0.3) is 0 Å². The van der Waals surface area contributed by atoms with E-state index in [0.717, 1.165) is 0 Å². The third-order valence-corrected chi connectivity index (χ3v) is 3.07. The highest BCUT2D eigenvalue weighted by Gasteiger charge is 2.43. The molecule has 3 atom stereocenters. The number of methoxy groups -OCH3 is 1. The number of hydrogen-bond donors (Lipinski definition) is 1. The number of nitrogens with zero attached hydrogens (tertiary/aromatic N) is 1. The van der Waals surface area contributed by atoms with Crippen molar-refractivity contribution in [3.8, 4) is 0 Å². The summed E-state index contributed by atoms with van der Waals surface area (Å²) in [5.41, 5.74) is 0. The number of carbonyl (C=O) groups excluding carboxylic acids is 1. The molecule has 15 heavy (non-hydrogen) atoms. The molecule has 2 aliphatic heterocycles. The Bertz CT molecular complexity index is 325. The second kappa shape index (κ2) is 3.56. The number of carboxylic acid groups (broad SMARTS) is 1. The molecule has 1 aliphatic carbocycles. The van der Waals surface area contributed by atoms with E-state index in [1.54, 1.807) is 6.08 Å². The quantitative estimate of drug-likeness (QED) is 0.649. The van der Waals surface area contributed by atoms with Crippen LogP contribution >= 0.6 is 0 Å². The topological polar surface area (TPSA) is 66.8 Å². The molecule has 1 amide bonds. The Morgan fingerprint density at radius 3 is 2.73 bits per heavy atom. The summed E-state index contributed by atoms with van der Waals surface area (Å²) in [6.45, 7) is 0.567. The highest BCUT2D eigenvalue weighted by molar-refractivity contribution is 5.75. The van der Waals surface area contributed by atoms with Crippen molar-refractivity contribution in [3.05, 3.63) is 12.2 Å². The molecule has 0 aromatic rings. The van der Waals surface area contributed by atoms with E-state index in [4.69, 9.17) is 5.11 Å². The second-order valence-corrected chi connectivity index (χ2v) is 3.94. The predicted molar refractivity (Wildman–Crippen MR) is 51.3 cm³/mol. The molecule has 1 N–H and O–H groups in total. The molecule has 3 unspecified atom stereocenters. The van der Waals surface area contributed by atoms with Crippen LogP contribution in [0.5, 0.6) is 0 Å². The van der Waals surface area contributed by atoms with Gasteiger partial charge in [-0.2, -0.15) is 0 Å². The maximum absolute atomic E-state index is 11.4. The monoisotopic (exact) mass is 211 g/mol. The van der Waals surface area contributed by atoms with Crippen LogP contribution in [0, 0.1) is 11.8 Å². The van der Waals surface area contributed by atoms with Crippen LogP contribution in [-0.4, -0.2) is 41.8 Å². The van der Waals surface area contributed by atoms with Crippen LogP contribution in [0.15, 0.2) is 12.2 Å². The molecule has 0 spiro atoms. The molecular formula is C10H13NO4. The summed E-state index contributed by atoms with van der Waals surface area (Å²) >= 11 is 0. The summed E-state index contributed by atoms with van der Waals surface area (Å²) in [5.74, 6) is -1.19. The van der Waals surface area contributed by atoms with Crippen molar-refractivity contribution in [1.82, 2.24) is 4.90 Å². The van der Waals surface area contributed by atoms with Gasteiger partial charge in [-0.1, -0.05) is 12.2 Å². The van der Waals surface area contributed by atoms with E-state index in [-0.39, 0.29) is 12.0 Å². The van der Waals surface area contributed by atoms with Crippen molar-refractivity contribution in [2.45, 2.75) is 12.5 Å². The number of fused-ring (bicyclic) bond motifs is 2. The molecule has 2 bridgehead atoms. The molecule has 5 nitrogen and oxygen atoms in total. The average molecular weight is 211 g/mol. The van der Waals surface area contributed by atoms with Crippen LogP contribution in [0.1, 0.15) is 6.42 Å². The van der Waals surface area contributed by atoms with Gasteiger partial charge in [0.05, 0.1) is 19.1 Å². The number of rotatable bonds is 1. The summed E-state index contributed by atoms with van der Waals surface area (Å²) < 4.78 is 4.63. The van der Waals surface area contributed by atoms with Crippen molar-refractivity contribution in [1.29, 1.82) is 0 Å². The smallest absolute Gasteiger partial charge is 0.410 e. The Balaban J connectivity index is 2.21. The summed E-state index contributed by atoms with van der Waals surface area (Å²) in [4.78, 5) is 23.9. The molecule has 0 aromatic heterocycles. The average Bonchev–Trinajstić information content (AvgIpc) is 2.28. The van der Waals surface area contributed by atoms with Gasteiger partial charge in [0.2, 0.25) is 0 Å². The van der Waals surface area contributed by atoms with Gasteiger partial charge in [-0.3, -0.25) is 4.79 Å². The van der Waals surface area contributed by atoms with Gasteiger partial charge in [-0.15, -0.1) is 0 Å². The Kier molecular flexibility index (Phi) is 2.38. The van der Waals surface area contributed by atoms with E-state index in [1.807, 2.05) is 6.08 Å². The fourth-order valence-corrected chi connectivity index (χ4v) is 2.34. The lowest BCUT2D eigenvalue weighted by Gasteiger charge is -2.43. The van der Waals surface area contributed by atoms with Gasteiger partial charge in [-0.25, -0.2) is 4.79 Å². The van der Waals surface area contributed by atoms with Crippen molar-refractivity contribution < 1.29 is 19.4 Å². The fourth-order valence-electron chi connectivity index (χ4n) is 2.34. The van der Waals surface area contributed by atoms with E-state index in [0.29, 0.717) is 13.0 Å². The van der Waals surface area contributed by atoms with Gasteiger partial charge < -0.3 is 14.7 Å². The number of carboxylic acids is 1. The van der Waals surface area contributed by atoms with Crippen molar-refractivity contribution in [3.63, 3.8) is 0 Å². The summed E-state index contributed by atoms with van der Waals surface area (Å²) in [7, 11) is 1.31. The fraction of sp³-hybridized carbons (Fsp3) is 0.600. The van der Waals surface area contributed by atoms with E-state index in [2.05, 4.69) is 4.74 Å². The van der Waals surface area contributed by atoms with Crippen LogP contribution in [0.4, 0.5) is 4.79 Å². The molecule has 1 fully saturated rings. The zero-order valence-electron chi connectivity index (χ0n) is 8.42. The maximum Gasteiger partial charge on any atom is 0.410 e. The normalized spacial score (nSPS) is 32.9. The Labute approximate surface area is 87.3 Å². The van der Waals surface area contributed by atoms with Crippen molar-refractivity contribution in [2.75, 3.05) is 13.7 Å². The van der Waals surface area contributed by atoms with Gasteiger partial charge in [0, 0.05) is 6.54 Å². The summed E-state index contributed by atoms with van der Waals surface area (Å²) in [5, 5.41) is 9.02. The predicted octanol–water partition coefficient (Wildman–Crippen LogP) is 0.714. The minimum Gasteiger partial charge on any atom is -0.481 e. The highest BCUT2D eigenvalue weighted by Crippen LogP contribution is 2.34. The van der Waals surface area contributed by atoms with Gasteiger partial charge in [0.15, 0.2) is 0 Å². The van der Waals surface area contributed by atoms with E-state index in [9.17, 15) is 9.59 Å². The molecule has 0 aromatic carbocycles. The third kappa shape index (κ3) is 1.58. The molecule has 3 rings (SSSR count). The minimum atomic E-state index is -0.844. The first kappa shape index (κ1) is 10.0. The lowest BCUT2D eigenvalue weighted by atomic mass is 9.78. The van der Waals surface area contributed by atoms with Gasteiger partial charge in [0.25, 0.3) is 0 Å². The van der Waals surface area contributed by atoms with Crippen molar-refractivity contribution >= 4 is 12.1 Å². The van der Waals surface area contributed by atoms with Crippen LogP contribution < -0.4 is 0 Å². The Hall–Kier alpha value is -1.52. The second-order valence-electron chi connectivity index (χ2n) is 3.94. The van der Waals surface area contributed by atoms with E-state index in [1.165, 1.54) is 12.0 Å². The molecule has 0 saturated carbocycles. The zero-order valence-corrected chi connectivity index (χ0v) is 8.42. The Morgan fingerprint density at radius 1 is 1.47 bits per heavy atom. The lowest BCUT2D eigenvalue weighted by molar-refractivity contribution is -0.145. The molecular weight excluding hydrogens is 198 g/mol. The van der Waals surface area contributed by atoms with Gasteiger partial charge >= 0.3 is 12.1 Å². The van der Waals surface area contributed by atoms with Gasteiger partial charge in [0.1, 0.15) is 0 Å². The number of hydrogen-bond acceptors (Lipinski definition) is 3. The standard InChI is InChI=1S/C10H13NO4/c1-15-10(14)11-5-6-2-3-8(11)7(4-6)9(12)13/h2-3,6-8H,4-5H2,1H3,(H,12,13). The first-order chi connectivity index (χ1) is 7.13. The van der Waals surface area contributed by atoms with Crippen molar-refractivity contribution in [2.24, 2.45) is 11.8 Å². The van der Waals surface area contributed by atoms with Crippen LogP contribution in [0.2, 0.25) is 0 Å². The summed E-state index contributed by atoms with van der Waals surface area (Å²) in [6, 6.07) is -0.347. The minimum absolute atomic E-state index is 0.148. The molecule has 0 radical (unpaired) electrons. The number of aliphatic carboxylic acids is 1. The first-order valence-corrected chi connectivity index (χ1v) is 4.89. The van der Waals surface area contributed by atoms with E-state index < -0.39 is 18.0 Å². The SMILES string of the molecule is COC(=O)N1CC2C=CC1C(C(=O)O)C2. The maximum atomic E-state index is 11.4. The Morgan fingerprint density at radius 2 is 2.20 bits per heavy atom. The van der Waals surface area contributed by atoms with E-state index >= 15 is 0 Å².